The quantitative estimate of drug-likeness (QED) is 0.464. The van der Waals surface area contributed by atoms with Crippen LogP contribution in [0.25, 0.3) is 11.1 Å². The van der Waals surface area contributed by atoms with Crippen molar-refractivity contribution in [1.82, 2.24) is 10.6 Å². The highest BCUT2D eigenvalue weighted by Gasteiger charge is 2.22. The van der Waals surface area contributed by atoms with Gasteiger partial charge in [0.25, 0.3) is 5.91 Å². The molecule has 3 aromatic rings. The zero-order valence-corrected chi connectivity index (χ0v) is 19.2. The Morgan fingerprint density at radius 2 is 1.49 bits per heavy atom. The molecule has 0 bridgehead atoms. The van der Waals surface area contributed by atoms with Gasteiger partial charge < -0.3 is 20.6 Å². The minimum absolute atomic E-state index is 0.0258. The lowest BCUT2D eigenvalue weighted by Crippen LogP contribution is -2.30. The first kappa shape index (κ1) is 23.7. The topological polar surface area (TPSA) is 117 Å². The third-order valence-electron chi connectivity index (χ3n) is 5.67. The Kier molecular flexibility index (Phi) is 7.21. The van der Waals surface area contributed by atoms with Crippen molar-refractivity contribution in [2.45, 2.75) is 26.0 Å². The van der Waals surface area contributed by atoms with E-state index in [1.807, 2.05) is 48.5 Å². The van der Waals surface area contributed by atoms with Gasteiger partial charge in [-0.3, -0.25) is 9.59 Å². The lowest BCUT2D eigenvalue weighted by molar-refractivity contribution is -0.119. The Hall–Kier alpha value is -4.46. The van der Waals surface area contributed by atoms with E-state index in [9.17, 15) is 19.5 Å². The predicted octanol–water partition coefficient (Wildman–Crippen LogP) is 3.61. The van der Waals surface area contributed by atoms with Crippen LogP contribution in [0.2, 0.25) is 0 Å². The minimum atomic E-state index is -1.14. The molecule has 8 nitrogen and oxygen atoms in total. The van der Waals surface area contributed by atoms with Gasteiger partial charge in [0.2, 0.25) is 5.91 Å². The fourth-order valence-corrected chi connectivity index (χ4v) is 3.78. The van der Waals surface area contributed by atoms with E-state index in [0.29, 0.717) is 13.0 Å². The van der Waals surface area contributed by atoms with Crippen molar-refractivity contribution >= 4 is 23.5 Å². The van der Waals surface area contributed by atoms with E-state index in [2.05, 4.69) is 15.8 Å². The molecule has 1 heterocycles. The number of nitrogens with zero attached hydrogens (tertiary/aromatic N) is 1. The average molecular weight is 472 g/mol. The summed E-state index contributed by atoms with van der Waals surface area (Å²) in [4.78, 5) is 40.2. The molecule has 0 fully saturated rings. The molecule has 3 N–H and O–H groups in total. The van der Waals surface area contributed by atoms with Gasteiger partial charge in [-0.2, -0.15) is 0 Å². The molecule has 0 aliphatic carbocycles. The predicted molar refractivity (Wildman–Crippen MR) is 131 cm³/mol. The molecule has 4 rings (SSSR count). The Morgan fingerprint density at radius 3 is 2.11 bits per heavy atom. The van der Waals surface area contributed by atoms with E-state index >= 15 is 0 Å². The number of carboxylic acid groups (broad SMARTS) is 1. The van der Waals surface area contributed by atoms with Gasteiger partial charge in [0.15, 0.2) is 0 Å². The molecular weight excluding hydrogens is 446 g/mol. The molecule has 8 heteroatoms. The first-order valence-electron chi connectivity index (χ1n) is 11.2. The number of hydrogen-bond donors (Lipinski definition) is 3. The molecule has 3 aromatic carbocycles. The summed E-state index contributed by atoms with van der Waals surface area (Å²) >= 11 is 0. The summed E-state index contributed by atoms with van der Waals surface area (Å²) in [7, 11) is 0. The maximum atomic E-state index is 12.4. The summed E-state index contributed by atoms with van der Waals surface area (Å²) in [6.45, 7) is 2.18. The van der Waals surface area contributed by atoms with Crippen molar-refractivity contribution in [3.05, 3.63) is 95.1 Å². The molecule has 2 amide bonds. The molecule has 0 radical (unpaired) electrons. The van der Waals surface area contributed by atoms with Crippen LogP contribution in [0.15, 0.2) is 78.0 Å². The van der Waals surface area contributed by atoms with Crippen LogP contribution in [-0.2, 0) is 16.2 Å². The average Bonchev–Trinajstić information content (AvgIpc) is 3.35. The van der Waals surface area contributed by atoms with Crippen molar-refractivity contribution in [2.75, 3.05) is 6.54 Å². The third kappa shape index (κ3) is 5.92. The Morgan fingerprint density at radius 1 is 0.886 bits per heavy atom. The highest BCUT2D eigenvalue weighted by atomic mass is 16.6. The standard InChI is InChI=1S/C27H25N3O5/c1-17(31)28-16-22-14-25(30-35-22)21-12-10-20(11-13-21)19-8-6-18(7-9-19)15-29-26(32)23-4-2-3-5-24(23)27(33)34/h2-13,22H,14-16H2,1H3,(H,28,31)(H,29,32)(H,33,34)/t22-/m1/s1. The number of aromatic carboxylic acids is 1. The molecule has 178 valence electrons. The van der Waals surface area contributed by atoms with Gasteiger partial charge in [0.1, 0.15) is 6.10 Å². The monoisotopic (exact) mass is 471 g/mol. The van der Waals surface area contributed by atoms with E-state index < -0.39 is 11.9 Å². The minimum Gasteiger partial charge on any atom is -0.478 e. The fraction of sp³-hybridized carbons (Fsp3) is 0.185. The molecule has 1 atom stereocenters. The summed E-state index contributed by atoms with van der Waals surface area (Å²) in [5.41, 5.74) is 4.89. The zero-order chi connectivity index (χ0) is 24.8. The van der Waals surface area contributed by atoms with E-state index in [1.165, 1.54) is 19.1 Å². The van der Waals surface area contributed by atoms with Gasteiger partial charge in [0.05, 0.1) is 23.4 Å². The normalized spacial score (nSPS) is 14.5. The summed E-state index contributed by atoms with van der Waals surface area (Å²) in [5, 5.41) is 18.9. The van der Waals surface area contributed by atoms with Crippen molar-refractivity contribution in [2.24, 2.45) is 5.16 Å². The molecule has 35 heavy (non-hydrogen) atoms. The van der Waals surface area contributed by atoms with E-state index in [1.54, 1.807) is 12.1 Å². The highest BCUT2D eigenvalue weighted by molar-refractivity contribution is 6.04. The number of benzene rings is 3. The third-order valence-corrected chi connectivity index (χ3v) is 5.67. The van der Waals surface area contributed by atoms with Crippen LogP contribution in [0.5, 0.6) is 0 Å². The molecule has 0 spiro atoms. The summed E-state index contributed by atoms with van der Waals surface area (Å²) in [6, 6.07) is 21.9. The summed E-state index contributed by atoms with van der Waals surface area (Å²) in [6.07, 6.45) is 0.482. The lowest BCUT2D eigenvalue weighted by Gasteiger charge is -2.09. The maximum absolute atomic E-state index is 12.4. The number of amides is 2. The molecule has 0 saturated carbocycles. The molecular formula is C27H25N3O5. The van der Waals surface area contributed by atoms with Gasteiger partial charge in [-0.1, -0.05) is 65.8 Å². The second-order valence-electron chi connectivity index (χ2n) is 8.21. The Labute approximate surface area is 202 Å². The van der Waals surface area contributed by atoms with Crippen LogP contribution in [0.1, 0.15) is 45.2 Å². The largest absolute Gasteiger partial charge is 0.478 e. The van der Waals surface area contributed by atoms with Crippen LogP contribution >= 0.6 is 0 Å². The molecule has 0 saturated heterocycles. The van der Waals surface area contributed by atoms with Gasteiger partial charge in [0, 0.05) is 19.9 Å². The van der Waals surface area contributed by atoms with E-state index in [4.69, 9.17) is 4.84 Å². The SMILES string of the molecule is CC(=O)NC[C@H]1CC(c2ccc(-c3ccc(CNC(=O)c4ccccc4C(=O)O)cc3)cc2)=NO1. The van der Waals surface area contributed by atoms with Crippen LogP contribution in [0.4, 0.5) is 0 Å². The van der Waals surface area contributed by atoms with Gasteiger partial charge in [-0.25, -0.2) is 4.79 Å². The number of oxime groups is 1. The fourth-order valence-electron chi connectivity index (χ4n) is 3.78. The number of rotatable bonds is 8. The van der Waals surface area contributed by atoms with Crippen LogP contribution in [0, 0.1) is 0 Å². The Balaban J connectivity index is 1.34. The van der Waals surface area contributed by atoms with Crippen molar-refractivity contribution < 1.29 is 24.3 Å². The summed E-state index contributed by atoms with van der Waals surface area (Å²) < 4.78 is 0. The van der Waals surface area contributed by atoms with Crippen LogP contribution in [0.3, 0.4) is 0 Å². The first-order chi connectivity index (χ1) is 16.9. The van der Waals surface area contributed by atoms with Crippen molar-refractivity contribution in [3.8, 4) is 11.1 Å². The molecule has 0 unspecified atom stereocenters. The number of nitrogens with one attached hydrogen (secondary N) is 2. The van der Waals surface area contributed by atoms with Gasteiger partial charge in [-0.15, -0.1) is 0 Å². The van der Waals surface area contributed by atoms with Gasteiger partial charge in [-0.05, 0) is 34.4 Å². The second kappa shape index (κ2) is 10.6. The number of carbonyl (C=O) groups is 3. The first-order valence-corrected chi connectivity index (χ1v) is 11.2. The van der Waals surface area contributed by atoms with Crippen LogP contribution < -0.4 is 10.6 Å². The molecule has 1 aliphatic heterocycles. The highest BCUT2D eigenvalue weighted by Crippen LogP contribution is 2.23. The van der Waals surface area contributed by atoms with E-state index in [0.717, 1.165) is 28.0 Å². The zero-order valence-electron chi connectivity index (χ0n) is 19.2. The molecule has 0 aromatic heterocycles. The maximum Gasteiger partial charge on any atom is 0.336 e. The van der Waals surface area contributed by atoms with Crippen molar-refractivity contribution in [1.29, 1.82) is 0 Å². The number of carbonyl (C=O) groups excluding carboxylic acids is 2. The second-order valence-corrected chi connectivity index (χ2v) is 8.21. The van der Waals surface area contributed by atoms with Gasteiger partial charge >= 0.3 is 5.97 Å². The van der Waals surface area contributed by atoms with Crippen molar-refractivity contribution in [3.63, 3.8) is 0 Å². The van der Waals surface area contributed by atoms with E-state index in [-0.39, 0.29) is 29.7 Å². The Bertz CT molecular complexity index is 1270. The lowest BCUT2D eigenvalue weighted by atomic mass is 9.99. The smallest absolute Gasteiger partial charge is 0.336 e. The molecule has 1 aliphatic rings. The van der Waals surface area contributed by atoms with Crippen LogP contribution in [-0.4, -0.2) is 41.3 Å². The number of hydrogen-bond acceptors (Lipinski definition) is 5. The number of carboxylic acids is 1. The summed E-state index contributed by atoms with van der Waals surface area (Å²) in [5.74, 6) is -1.66.